The van der Waals surface area contributed by atoms with E-state index in [-0.39, 0.29) is 23.1 Å². The largest absolute Gasteiger partial charge is 0.372 e. The maximum atomic E-state index is 13.0. The average Bonchev–Trinajstić information content (AvgIpc) is 3.62. The Morgan fingerprint density at radius 1 is 1.23 bits per heavy atom. The van der Waals surface area contributed by atoms with E-state index in [1.807, 2.05) is 36.7 Å². The number of aliphatic hydroxyl groups is 2. The van der Waals surface area contributed by atoms with Crippen LogP contribution in [0.3, 0.4) is 0 Å². The number of pyridine rings is 2. The van der Waals surface area contributed by atoms with Crippen LogP contribution in [0.15, 0.2) is 35.4 Å². The number of benzene rings is 1. The van der Waals surface area contributed by atoms with Crippen molar-refractivity contribution in [1.82, 2.24) is 9.55 Å². The molecule has 0 radical (unpaired) electrons. The summed E-state index contributed by atoms with van der Waals surface area (Å²) in [6, 6.07) is 5.93. The van der Waals surface area contributed by atoms with Crippen LogP contribution in [-0.2, 0) is 27.4 Å². The van der Waals surface area contributed by atoms with Gasteiger partial charge in [0.05, 0.1) is 30.9 Å². The number of nitrogens with one attached hydrogen (secondary N) is 1. The van der Waals surface area contributed by atoms with Crippen molar-refractivity contribution in [2.24, 2.45) is 0 Å². The van der Waals surface area contributed by atoms with Crippen molar-refractivity contribution in [3.8, 4) is 11.1 Å². The molecule has 0 amide bonds. The second-order valence-corrected chi connectivity index (χ2v) is 9.96. The predicted molar refractivity (Wildman–Crippen MR) is 129 cm³/mol. The minimum atomic E-state index is -1.81. The number of aromatic nitrogens is 2. The number of rotatable bonds is 5. The monoisotopic (exact) mass is 479 g/mol. The van der Waals surface area contributed by atoms with Gasteiger partial charge < -0.3 is 34.3 Å². The maximum Gasteiger partial charge on any atom is 0.197 e. The Morgan fingerprint density at radius 3 is 2.77 bits per heavy atom. The molecule has 1 aromatic carbocycles. The molecule has 2 fully saturated rings. The van der Waals surface area contributed by atoms with Gasteiger partial charge in [-0.1, -0.05) is 6.07 Å². The smallest absolute Gasteiger partial charge is 0.197 e. The zero-order valence-electron chi connectivity index (χ0n) is 19.8. The average molecular weight is 480 g/mol. The quantitative estimate of drug-likeness (QED) is 0.479. The summed E-state index contributed by atoms with van der Waals surface area (Å²) in [5, 5.41) is 23.3. The molecular weight excluding hydrogens is 450 g/mol. The number of ether oxygens (including phenoxy) is 3. The zero-order valence-corrected chi connectivity index (χ0v) is 19.8. The van der Waals surface area contributed by atoms with E-state index in [4.69, 9.17) is 14.2 Å². The first kappa shape index (κ1) is 22.6. The summed E-state index contributed by atoms with van der Waals surface area (Å²) < 4.78 is 19.6. The highest BCUT2D eigenvalue weighted by Crippen LogP contribution is 2.41. The first-order valence-corrected chi connectivity index (χ1v) is 12.0. The van der Waals surface area contributed by atoms with Crippen LogP contribution in [0, 0.1) is 0 Å². The zero-order chi connectivity index (χ0) is 24.3. The number of nitrogens with zero attached hydrogens (tertiary/aromatic N) is 2. The summed E-state index contributed by atoms with van der Waals surface area (Å²) in [4.78, 5) is 17.7. The van der Waals surface area contributed by atoms with Gasteiger partial charge in [-0.15, -0.1) is 0 Å². The van der Waals surface area contributed by atoms with Crippen LogP contribution in [0.25, 0.3) is 22.0 Å². The fourth-order valence-corrected chi connectivity index (χ4v) is 5.07. The lowest BCUT2D eigenvalue weighted by molar-refractivity contribution is -0.136. The molecule has 0 unspecified atom stereocenters. The molecule has 3 aliphatic rings. The Balaban J connectivity index is 1.38. The molecule has 3 N–H and O–H groups in total. The molecule has 6 rings (SSSR count). The third-order valence-electron chi connectivity index (χ3n) is 6.91. The first-order valence-electron chi connectivity index (χ1n) is 12.0. The van der Waals surface area contributed by atoms with Gasteiger partial charge in [0.25, 0.3) is 0 Å². The molecule has 3 aromatic rings. The molecule has 9 nitrogen and oxygen atoms in total. The third kappa shape index (κ3) is 4.13. The van der Waals surface area contributed by atoms with E-state index in [2.05, 4.69) is 10.3 Å². The van der Waals surface area contributed by atoms with Crippen molar-refractivity contribution in [2.45, 2.75) is 64.1 Å². The minimum absolute atomic E-state index is 0.00305. The van der Waals surface area contributed by atoms with Crippen LogP contribution in [-0.4, -0.2) is 44.8 Å². The van der Waals surface area contributed by atoms with Crippen LogP contribution >= 0.6 is 0 Å². The molecule has 1 aliphatic carbocycles. The summed E-state index contributed by atoms with van der Waals surface area (Å²) in [6.45, 7) is 5.69. The summed E-state index contributed by atoms with van der Waals surface area (Å²) in [7, 11) is 0. The van der Waals surface area contributed by atoms with Crippen LogP contribution in [0.1, 0.15) is 55.7 Å². The molecule has 2 aromatic heterocycles. The number of fused-ring (bicyclic) bond motifs is 5. The van der Waals surface area contributed by atoms with E-state index in [0.29, 0.717) is 31.8 Å². The fourth-order valence-electron chi connectivity index (χ4n) is 5.07. The van der Waals surface area contributed by atoms with Gasteiger partial charge in [-0.05, 0) is 49.9 Å². The van der Waals surface area contributed by atoms with Gasteiger partial charge in [-0.3, -0.25) is 4.79 Å². The van der Waals surface area contributed by atoms with Crippen molar-refractivity contribution in [1.29, 1.82) is 0 Å². The van der Waals surface area contributed by atoms with E-state index in [0.717, 1.165) is 46.4 Å². The van der Waals surface area contributed by atoms with E-state index in [9.17, 15) is 15.0 Å². The summed E-state index contributed by atoms with van der Waals surface area (Å²) >= 11 is 0. The van der Waals surface area contributed by atoms with Gasteiger partial charge in [-0.2, -0.15) is 0 Å². The molecule has 1 atom stereocenters. The Morgan fingerprint density at radius 2 is 2.06 bits per heavy atom. The van der Waals surface area contributed by atoms with Gasteiger partial charge >= 0.3 is 0 Å². The molecular formula is C26H29N3O6. The van der Waals surface area contributed by atoms with Crippen LogP contribution in [0.5, 0.6) is 0 Å². The van der Waals surface area contributed by atoms with Crippen molar-refractivity contribution in [2.75, 3.05) is 18.5 Å². The molecule has 2 aliphatic heterocycles. The van der Waals surface area contributed by atoms with Gasteiger partial charge in [0.1, 0.15) is 11.9 Å². The first-order chi connectivity index (χ1) is 16.8. The van der Waals surface area contributed by atoms with Crippen LogP contribution < -0.4 is 10.7 Å². The molecule has 9 heteroatoms. The molecule has 35 heavy (non-hydrogen) atoms. The molecule has 184 valence electrons. The Hall–Kier alpha value is -2.82. The third-order valence-corrected chi connectivity index (χ3v) is 6.91. The van der Waals surface area contributed by atoms with E-state index in [1.165, 1.54) is 0 Å². The maximum absolute atomic E-state index is 13.0. The SMILES string of the molecule is CC1(C)OC[C@@H](CNc2cc3c(cn2)-c2ccc4c(=O)c(C(O)O)cn(C5CC5)c4c2COC3)O1. The lowest BCUT2D eigenvalue weighted by Gasteiger charge is -2.19. The lowest BCUT2D eigenvalue weighted by atomic mass is 9.95. The van der Waals surface area contributed by atoms with Crippen molar-refractivity contribution >= 4 is 16.7 Å². The summed E-state index contributed by atoms with van der Waals surface area (Å²) in [6.07, 6.45) is 3.57. The number of anilines is 1. The lowest BCUT2D eigenvalue weighted by Crippen LogP contribution is -2.26. The summed E-state index contributed by atoms with van der Waals surface area (Å²) in [5.74, 6) is 0.173. The molecule has 0 bridgehead atoms. The van der Waals surface area contributed by atoms with Crippen LogP contribution in [0.2, 0.25) is 0 Å². The molecule has 1 saturated heterocycles. The number of aliphatic hydroxyl groups excluding tert-OH is 1. The normalized spacial score (nSPS) is 21.1. The van der Waals surface area contributed by atoms with Crippen LogP contribution in [0.4, 0.5) is 5.82 Å². The molecule has 1 saturated carbocycles. The van der Waals surface area contributed by atoms with Gasteiger partial charge in [0.2, 0.25) is 0 Å². The topological polar surface area (TPSA) is 115 Å². The highest BCUT2D eigenvalue weighted by Gasteiger charge is 2.33. The second kappa shape index (κ2) is 8.39. The Kier molecular flexibility index (Phi) is 5.43. The van der Waals surface area contributed by atoms with Crippen molar-refractivity contribution < 1.29 is 24.4 Å². The van der Waals surface area contributed by atoms with Gasteiger partial charge in [0, 0.05) is 41.5 Å². The van der Waals surface area contributed by atoms with E-state index in [1.54, 1.807) is 12.3 Å². The predicted octanol–water partition coefficient (Wildman–Crippen LogP) is 2.98. The second-order valence-electron chi connectivity index (χ2n) is 9.96. The Labute approximate surface area is 202 Å². The van der Waals surface area contributed by atoms with E-state index >= 15 is 0 Å². The Bertz CT molecular complexity index is 1360. The molecule has 0 spiro atoms. The summed E-state index contributed by atoms with van der Waals surface area (Å²) in [5.41, 5.74) is 4.31. The molecule has 4 heterocycles. The van der Waals surface area contributed by atoms with Crippen molar-refractivity contribution in [3.05, 3.63) is 57.5 Å². The fraction of sp³-hybridized carbons (Fsp3) is 0.462. The van der Waals surface area contributed by atoms with E-state index < -0.39 is 12.1 Å². The standard InChI is InChI=1S/C26H29N3O6/c1-26(2)34-12-16(35-26)8-27-22-7-14-11-33-13-21-17(19(14)9-28-22)5-6-18-23(21)29(15-3-4-15)10-20(24(18)30)25(31)32/h5-7,9-10,15-16,25,31-32H,3-4,8,11-13H2,1-2H3,(H,27,28)/t16-/m1/s1. The van der Waals surface area contributed by atoms with Gasteiger partial charge in [0.15, 0.2) is 17.5 Å². The highest BCUT2D eigenvalue weighted by molar-refractivity contribution is 5.90. The number of hydrogen-bond acceptors (Lipinski definition) is 8. The highest BCUT2D eigenvalue weighted by atomic mass is 16.7. The van der Waals surface area contributed by atoms with Crippen molar-refractivity contribution in [3.63, 3.8) is 0 Å². The number of hydrogen-bond donors (Lipinski definition) is 3. The minimum Gasteiger partial charge on any atom is -0.372 e. The van der Waals surface area contributed by atoms with Gasteiger partial charge in [-0.25, -0.2) is 4.98 Å².